The summed E-state index contributed by atoms with van der Waals surface area (Å²) in [4.78, 5) is 20.5. The zero-order chi connectivity index (χ0) is 17.9. The Bertz CT molecular complexity index is 951. The van der Waals surface area contributed by atoms with Crippen molar-refractivity contribution >= 4 is 28.3 Å². The maximum absolute atomic E-state index is 12.2. The number of anilines is 2. The average Bonchev–Trinajstić information content (AvgIpc) is 3.15. The molecule has 1 fully saturated rings. The number of fused-ring (bicyclic) bond motifs is 1. The standard InChI is InChI=1S/C20H20N4O2/c21-20-17-10-14(6-7-18(17)22-12-23-20)13-3-1-4-15(9-13)24-19(25)11-16-5-2-8-26-16/h1,3-4,6-7,9-10,12,16H,2,5,8,11H2,(H,24,25)(H2,21,22,23). The minimum Gasteiger partial charge on any atom is -0.383 e. The molecule has 1 amide bonds. The van der Waals surface area contributed by atoms with Crippen LogP contribution in [0, 0.1) is 0 Å². The van der Waals surface area contributed by atoms with Crippen molar-refractivity contribution in [2.45, 2.75) is 25.4 Å². The second-order valence-electron chi connectivity index (χ2n) is 6.46. The fourth-order valence-electron chi connectivity index (χ4n) is 3.26. The number of carbonyl (C=O) groups excluding carboxylic acids is 1. The summed E-state index contributed by atoms with van der Waals surface area (Å²) in [7, 11) is 0. The molecule has 2 aromatic carbocycles. The third kappa shape index (κ3) is 3.50. The molecule has 1 saturated heterocycles. The molecule has 6 heteroatoms. The monoisotopic (exact) mass is 348 g/mol. The topological polar surface area (TPSA) is 90.1 Å². The quantitative estimate of drug-likeness (QED) is 0.754. The van der Waals surface area contributed by atoms with E-state index in [1.165, 1.54) is 6.33 Å². The number of ether oxygens (including phenoxy) is 1. The van der Waals surface area contributed by atoms with E-state index in [0.717, 1.165) is 47.2 Å². The maximum atomic E-state index is 12.2. The molecule has 1 aliphatic rings. The number of hydrogen-bond acceptors (Lipinski definition) is 5. The van der Waals surface area contributed by atoms with E-state index in [1.807, 2.05) is 42.5 Å². The average molecular weight is 348 g/mol. The molecule has 6 nitrogen and oxygen atoms in total. The molecular weight excluding hydrogens is 328 g/mol. The summed E-state index contributed by atoms with van der Waals surface area (Å²) >= 11 is 0. The second kappa shape index (κ2) is 7.09. The van der Waals surface area contributed by atoms with Crippen LogP contribution in [-0.2, 0) is 9.53 Å². The number of rotatable bonds is 4. The summed E-state index contributed by atoms with van der Waals surface area (Å²) in [6.45, 7) is 0.752. The number of hydrogen-bond donors (Lipinski definition) is 2. The van der Waals surface area contributed by atoms with Gasteiger partial charge in [-0.15, -0.1) is 0 Å². The van der Waals surface area contributed by atoms with Gasteiger partial charge in [-0.25, -0.2) is 9.97 Å². The molecule has 3 N–H and O–H groups in total. The van der Waals surface area contributed by atoms with E-state index in [2.05, 4.69) is 15.3 Å². The van der Waals surface area contributed by atoms with Crippen molar-refractivity contribution in [2.24, 2.45) is 0 Å². The van der Waals surface area contributed by atoms with Crippen molar-refractivity contribution < 1.29 is 9.53 Å². The van der Waals surface area contributed by atoms with Gasteiger partial charge in [-0.1, -0.05) is 18.2 Å². The molecule has 0 aliphatic carbocycles. The molecule has 2 heterocycles. The Morgan fingerprint density at radius 3 is 2.92 bits per heavy atom. The van der Waals surface area contributed by atoms with E-state index >= 15 is 0 Å². The number of benzene rings is 2. The highest BCUT2D eigenvalue weighted by Gasteiger charge is 2.19. The highest BCUT2D eigenvalue weighted by molar-refractivity contribution is 5.93. The Balaban J connectivity index is 1.55. The molecule has 26 heavy (non-hydrogen) atoms. The second-order valence-corrected chi connectivity index (χ2v) is 6.46. The lowest BCUT2D eigenvalue weighted by Gasteiger charge is -2.11. The van der Waals surface area contributed by atoms with Gasteiger partial charge in [0.2, 0.25) is 5.91 Å². The summed E-state index contributed by atoms with van der Waals surface area (Å²) in [5, 5.41) is 3.78. The van der Waals surface area contributed by atoms with Gasteiger partial charge in [0, 0.05) is 17.7 Å². The zero-order valence-corrected chi connectivity index (χ0v) is 14.3. The number of nitrogen functional groups attached to an aromatic ring is 1. The summed E-state index contributed by atoms with van der Waals surface area (Å²) in [6, 6.07) is 13.6. The van der Waals surface area contributed by atoms with Crippen molar-refractivity contribution in [2.75, 3.05) is 17.7 Å². The van der Waals surface area contributed by atoms with E-state index in [1.54, 1.807) is 0 Å². The first-order valence-corrected chi connectivity index (χ1v) is 8.71. The van der Waals surface area contributed by atoms with Gasteiger partial charge in [0.25, 0.3) is 0 Å². The number of carbonyl (C=O) groups is 1. The molecule has 1 aliphatic heterocycles. The SMILES string of the molecule is Nc1ncnc2ccc(-c3cccc(NC(=O)CC4CCCO4)c3)cc12. The normalized spacial score (nSPS) is 16.7. The highest BCUT2D eigenvalue weighted by Crippen LogP contribution is 2.27. The van der Waals surface area contributed by atoms with Crippen LogP contribution in [0.15, 0.2) is 48.8 Å². The minimum atomic E-state index is -0.0230. The van der Waals surface area contributed by atoms with E-state index < -0.39 is 0 Å². The fourth-order valence-corrected chi connectivity index (χ4v) is 3.26. The number of nitrogens with zero attached hydrogens (tertiary/aromatic N) is 2. The fraction of sp³-hybridized carbons (Fsp3) is 0.250. The first kappa shape index (κ1) is 16.5. The Kier molecular flexibility index (Phi) is 4.50. The van der Waals surface area contributed by atoms with Crippen molar-refractivity contribution in [3.63, 3.8) is 0 Å². The number of nitrogens with two attached hydrogens (primary N) is 1. The van der Waals surface area contributed by atoms with Gasteiger partial charge in [0.15, 0.2) is 0 Å². The van der Waals surface area contributed by atoms with E-state index in [4.69, 9.17) is 10.5 Å². The van der Waals surface area contributed by atoms with Gasteiger partial charge in [0.05, 0.1) is 18.0 Å². The molecule has 0 saturated carbocycles. The van der Waals surface area contributed by atoms with Crippen LogP contribution in [0.1, 0.15) is 19.3 Å². The molecular formula is C20H20N4O2. The Labute approximate surface area is 151 Å². The van der Waals surface area contributed by atoms with E-state index in [-0.39, 0.29) is 12.0 Å². The van der Waals surface area contributed by atoms with Crippen LogP contribution in [0.4, 0.5) is 11.5 Å². The smallest absolute Gasteiger partial charge is 0.226 e. The highest BCUT2D eigenvalue weighted by atomic mass is 16.5. The van der Waals surface area contributed by atoms with Crippen molar-refractivity contribution in [3.05, 3.63) is 48.8 Å². The summed E-state index contributed by atoms with van der Waals surface area (Å²) < 4.78 is 5.52. The van der Waals surface area contributed by atoms with Crippen LogP contribution >= 0.6 is 0 Å². The first-order valence-electron chi connectivity index (χ1n) is 8.71. The molecule has 1 atom stereocenters. The van der Waals surface area contributed by atoms with Crippen LogP contribution in [0.25, 0.3) is 22.0 Å². The minimum absolute atomic E-state index is 0.0230. The summed E-state index contributed by atoms with van der Waals surface area (Å²) in [5.74, 6) is 0.433. The van der Waals surface area contributed by atoms with Crippen molar-refractivity contribution in [1.82, 2.24) is 9.97 Å². The van der Waals surface area contributed by atoms with E-state index in [9.17, 15) is 4.79 Å². The van der Waals surface area contributed by atoms with Gasteiger partial charge in [-0.3, -0.25) is 4.79 Å². The van der Waals surface area contributed by atoms with Gasteiger partial charge >= 0.3 is 0 Å². The van der Waals surface area contributed by atoms with Gasteiger partial charge in [-0.05, 0) is 48.2 Å². The Hall–Kier alpha value is -2.99. The van der Waals surface area contributed by atoms with Gasteiger partial charge < -0.3 is 15.8 Å². The van der Waals surface area contributed by atoms with Gasteiger partial charge in [0.1, 0.15) is 12.1 Å². The molecule has 0 spiro atoms. The van der Waals surface area contributed by atoms with Crippen LogP contribution in [0.5, 0.6) is 0 Å². The number of nitrogens with one attached hydrogen (secondary N) is 1. The van der Waals surface area contributed by atoms with E-state index in [0.29, 0.717) is 12.2 Å². The lowest BCUT2D eigenvalue weighted by atomic mass is 10.0. The summed E-state index contributed by atoms with van der Waals surface area (Å²) in [5.41, 5.74) is 9.52. The number of aromatic nitrogens is 2. The third-order valence-electron chi connectivity index (χ3n) is 4.58. The molecule has 4 rings (SSSR count). The molecule has 132 valence electrons. The Morgan fingerprint density at radius 1 is 1.19 bits per heavy atom. The summed E-state index contributed by atoms with van der Waals surface area (Å²) in [6.07, 6.45) is 3.88. The predicted molar refractivity (Wildman–Crippen MR) is 102 cm³/mol. The predicted octanol–water partition coefficient (Wildman–Crippen LogP) is 3.39. The third-order valence-corrected chi connectivity index (χ3v) is 4.58. The first-order chi connectivity index (χ1) is 12.7. The molecule has 0 bridgehead atoms. The Morgan fingerprint density at radius 2 is 2.08 bits per heavy atom. The maximum Gasteiger partial charge on any atom is 0.226 e. The van der Waals surface area contributed by atoms with Crippen LogP contribution in [0.3, 0.4) is 0 Å². The molecule has 3 aromatic rings. The van der Waals surface area contributed by atoms with Crippen LogP contribution in [0.2, 0.25) is 0 Å². The van der Waals surface area contributed by atoms with Crippen LogP contribution < -0.4 is 11.1 Å². The lowest BCUT2D eigenvalue weighted by molar-refractivity contribution is -0.118. The van der Waals surface area contributed by atoms with Crippen LogP contribution in [-0.4, -0.2) is 28.6 Å². The number of amides is 1. The van der Waals surface area contributed by atoms with Crippen molar-refractivity contribution in [3.8, 4) is 11.1 Å². The largest absolute Gasteiger partial charge is 0.383 e. The van der Waals surface area contributed by atoms with Crippen molar-refractivity contribution in [1.29, 1.82) is 0 Å². The van der Waals surface area contributed by atoms with Gasteiger partial charge in [-0.2, -0.15) is 0 Å². The molecule has 1 aromatic heterocycles. The lowest BCUT2D eigenvalue weighted by Crippen LogP contribution is -2.19. The zero-order valence-electron chi connectivity index (χ0n) is 14.3. The molecule has 0 radical (unpaired) electrons. The molecule has 1 unspecified atom stereocenters.